The Morgan fingerprint density at radius 1 is 1.56 bits per heavy atom. The van der Waals surface area contributed by atoms with E-state index in [1.165, 1.54) is 12.8 Å². The topological polar surface area (TPSA) is 64.3 Å². The Balaban J connectivity index is 2.46. The van der Waals surface area contributed by atoms with Crippen molar-refractivity contribution < 1.29 is 9.53 Å². The number of carbonyl (C=O) groups excluding carboxylic acids is 1. The first kappa shape index (κ1) is 14.8. The van der Waals surface area contributed by atoms with Crippen molar-refractivity contribution >= 4 is 6.03 Å². The van der Waals surface area contributed by atoms with Gasteiger partial charge in [0, 0.05) is 12.3 Å². The van der Waals surface area contributed by atoms with Gasteiger partial charge in [-0.3, -0.25) is 0 Å². The minimum absolute atomic E-state index is 0.0144. The van der Waals surface area contributed by atoms with E-state index in [1.807, 2.05) is 0 Å². The Kier molecular flexibility index (Phi) is 5.49. The third kappa shape index (κ3) is 5.42. The Labute approximate surface area is 110 Å². The SMILES string of the molecule is CCC(C)(C)[C@H](CC#CC1CC1)OCNC(N)=O. The van der Waals surface area contributed by atoms with Gasteiger partial charge in [0.05, 0.1) is 6.10 Å². The molecule has 0 spiro atoms. The van der Waals surface area contributed by atoms with E-state index in [1.54, 1.807) is 0 Å². The second-order valence-corrected chi connectivity index (χ2v) is 5.48. The van der Waals surface area contributed by atoms with Crippen LogP contribution in [-0.2, 0) is 4.74 Å². The van der Waals surface area contributed by atoms with Crippen molar-refractivity contribution in [1.29, 1.82) is 0 Å². The first-order valence-corrected chi connectivity index (χ1v) is 6.59. The summed E-state index contributed by atoms with van der Waals surface area (Å²) in [5.74, 6) is 7.06. The number of nitrogens with two attached hydrogens (primary N) is 1. The van der Waals surface area contributed by atoms with Crippen molar-refractivity contribution in [3.05, 3.63) is 0 Å². The van der Waals surface area contributed by atoms with E-state index in [4.69, 9.17) is 10.5 Å². The van der Waals surface area contributed by atoms with Crippen LogP contribution in [0.2, 0.25) is 0 Å². The summed E-state index contributed by atoms with van der Waals surface area (Å²) in [5.41, 5.74) is 5.05. The molecule has 18 heavy (non-hydrogen) atoms. The van der Waals surface area contributed by atoms with E-state index in [2.05, 4.69) is 37.9 Å². The van der Waals surface area contributed by atoms with Gasteiger partial charge < -0.3 is 15.8 Å². The normalized spacial score (nSPS) is 16.6. The van der Waals surface area contributed by atoms with Crippen LogP contribution in [0.3, 0.4) is 0 Å². The summed E-state index contributed by atoms with van der Waals surface area (Å²) in [5, 5.41) is 2.45. The second kappa shape index (κ2) is 6.65. The van der Waals surface area contributed by atoms with E-state index >= 15 is 0 Å². The lowest BCUT2D eigenvalue weighted by Crippen LogP contribution is -2.38. The van der Waals surface area contributed by atoms with Crippen molar-refractivity contribution in [1.82, 2.24) is 5.32 Å². The van der Waals surface area contributed by atoms with E-state index in [0.29, 0.717) is 12.3 Å². The Morgan fingerprint density at radius 3 is 2.72 bits per heavy atom. The minimum atomic E-state index is -0.563. The fraction of sp³-hybridized carbons (Fsp3) is 0.786. The van der Waals surface area contributed by atoms with Gasteiger partial charge in [0.1, 0.15) is 6.73 Å². The van der Waals surface area contributed by atoms with Crippen LogP contribution in [0.15, 0.2) is 0 Å². The van der Waals surface area contributed by atoms with Crippen molar-refractivity contribution in [2.75, 3.05) is 6.73 Å². The fourth-order valence-electron chi connectivity index (χ4n) is 1.53. The zero-order valence-corrected chi connectivity index (χ0v) is 11.6. The third-order valence-corrected chi connectivity index (χ3v) is 3.48. The second-order valence-electron chi connectivity index (χ2n) is 5.48. The standard InChI is InChI=1S/C14H24N2O2/c1-4-14(2,3)12(18-10-16-13(15)17)7-5-6-11-8-9-11/h11-12H,4,7-10H2,1-3H3,(H3,15,16,17)/t12-/m0/s1. The molecule has 0 aromatic rings. The summed E-state index contributed by atoms with van der Waals surface area (Å²) in [7, 11) is 0. The molecule has 0 bridgehead atoms. The third-order valence-electron chi connectivity index (χ3n) is 3.48. The summed E-state index contributed by atoms with van der Waals surface area (Å²) in [6.07, 6.45) is 4.19. The molecular formula is C14H24N2O2. The van der Waals surface area contributed by atoms with Gasteiger partial charge >= 0.3 is 6.03 Å². The predicted molar refractivity (Wildman–Crippen MR) is 71.6 cm³/mol. The molecule has 0 unspecified atom stereocenters. The highest BCUT2D eigenvalue weighted by molar-refractivity contribution is 5.71. The van der Waals surface area contributed by atoms with Crippen molar-refractivity contribution in [3.63, 3.8) is 0 Å². The van der Waals surface area contributed by atoms with Crippen LogP contribution in [0.1, 0.15) is 46.5 Å². The summed E-state index contributed by atoms with van der Waals surface area (Å²) in [6, 6.07) is -0.563. The number of nitrogens with one attached hydrogen (secondary N) is 1. The van der Waals surface area contributed by atoms with Gasteiger partial charge in [-0.15, -0.1) is 5.92 Å². The fourth-order valence-corrected chi connectivity index (χ4v) is 1.53. The smallest absolute Gasteiger partial charge is 0.313 e. The van der Waals surface area contributed by atoms with Gasteiger partial charge in [0.2, 0.25) is 0 Å². The van der Waals surface area contributed by atoms with Gasteiger partial charge in [-0.25, -0.2) is 4.79 Å². The van der Waals surface area contributed by atoms with Gasteiger partial charge in [0.15, 0.2) is 0 Å². The first-order valence-electron chi connectivity index (χ1n) is 6.59. The summed E-state index contributed by atoms with van der Waals surface area (Å²) in [6.45, 7) is 6.59. The van der Waals surface area contributed by atoms with Crippen LogP contribution < -0.4 is 11.1 Å². The molecule has 4 heteroatoms. The van der Waals surface area contributed by atoms with Crippen molar-refractivity contribution in [3.8, 4) is 11.8 Å². The molecule has 2 amide bonds. The maximum Gasteiger partial charge on any atom is 0.313 e. The Bertz CT molecular complexity index is 337. The zero-order chi connectivity index (χ0) is 13.6. The maximum atomic E-state index is 10.6. The average molecular weight is 252 g/mol. The molecule has 0 aromatic carbocycles. The monoisotopic (exact) mass is 252 g/mol. The summed E-state index contributed by atoms with van der Waals surface area (Å²) >= 11 is 0. The van der Waals surface area contributed by atoms with E-state index in [9.17, 15) is 4.79 Å². The number of primary amides is 1. The molecule has 102 valence electrons. The lowest BCUT2D eigenvalue weighted by Gasteiger charge is -2.32. The Morgan fingerprint density at radius 2 is 2.22 bits per heavy atom. The molecule has 0 radical (unpaired) electrons. The highest BCUT2D eigenvalue weighted by Crippen LogP contribution is 2.30. The minimum Gasteiger partial charge on any atom is -0.356 e. The predicted octanol–water partition coefficient (Wildman–Crippen LogP) is 2.24. The zero-order valence-electron chi connectivity index (χ0n) is 11.6. The largest absolute Gasteiger partial charge is 0.356 e. The van der Waals surface area contributed by atoms with Crippen LogP contribution in [0.25, 0.3) is 0 Å². The molecule has 1 rings (SSSR count). The number of hydrogen-bond acceptors (Lipinski definition) is 2. The van der Waals surface area contributed by atoms with Gasteiger partial charge in [-0.2, -0.15) is 0 Å². The van der Waals surface area contributed by atoms with Crippen LogP contribution >= 0.6 is 0 Å². The number of urea groups is 1. The molecule has 0 aliphatic heterocycles. The number of ether oxygens (including phenoxy) is 1. The number of amides is 2. The van der Waals surface area contributed by atoms with Gasteiger partial charge in [-0.1, -0.05) is 26.7 Å². The van der Waals surface area contributed by atoms with E-state index in [-0.39, 0.29) is 18.2 Å². The molecule has 3 N–H and O–H groups in total. The number of rotatable bonds is 6. The molecule has 1 atom stereocenters. The van der Waals surface area contributed by atoms with E-state index < -0.39 is 6.03 Å². The lowest BCUT2D eigenvalue weighted by atomic mass is 9.82. The van der Waals surface area contributed by atoms with E-state index in [0.717, 1.165) is 6.42 Å². The molecule has 1 fully saturated rings. The summed E-state index contributed by atoms with van der Waals surface area (Å²) < 4.78 is 5.70. The molecule has 0 aromatic heterocycles. The van der Waals surface area contributed by atoms with Gasteiger partial charge in [-0.05, 0) is 24.7 Å². The molecule has 0 heterocycles. The van der Waals surface area contributed by atoms with Crippen molar-refractivity contribution in [2.24, 2.45) is 17.1 Å². The molecule has 1 aliphatic rings. The molecule has 1 aliphatic carbocycles. The van der Waals surface area contributed by atoms with Crippen molar-refractivity contribution in [2.45, 2.75) is 52.6 Å². The molecule has 0 saturated heterocycles. The average Bonchev–Trinajstić information content (AvgIpc) is 3.10. The summed E-state index contributed by atoms with van der Waals surface area (Å²) in [4.78, 5) is 10.6. The van der Waals surface area contributed by atoms with Gasteiger partial charge in [0.25, 0.3) is 0 Å². The molecule has 1 saturated carbocycles. The lowest BCUT2D eigenvalue weighted by molar-refractivity contribution is -0.0282. The van der Waals surface area contributed by atoms with Crippen LogP contribution in [0.5, 0.6) is 0 Å². The quantitative estimate of drug-likeness (QED) is 0.562. The van der Waals surface area contributed by atoms with Crippen LogP contribution in [-0.4, -0.2) is 18.9 Å². The highest BCUT2D eigenvalue weighted by atomic mass is 16.5. The number of hydrogen-bond donors (Lipinski definition) is 2. The van der Waals surface area contributed by atoms with Crippen LogP contribution in [0.4, 0.5) is 4.79 Å². The highest BCUT2D eigenvalue weighted by Gasteiger charge is 2.28. The molecule has 4 nitrogen and oxygen atoms in total. The Hall–Kier alpha value is -1.21. The molecular weight excluding hydrogens is 228 g/mol. The first-order chi connectivity index (χ1) is 8.45. The maximum absolute atomic E-state index is 10.6. The number of carbonyl (C=O) groups is 1. The van der Waals surface area contributed by atoms with Crippen LogP contribution in [0, 0.1) is 23.2 Å².